The van der Waals surface area contributed by atoms with E-state index in [1.165, 1.54) is 0 Å². The Morgan fingerprint density at radius 3 is 2.78 bits per heavy atom. The first-order chi connectivity index (χ1) is 8.65. The van der Waals surface area contributed by atoms with Crippen LogP contribution in [0.5, 0.6) is 0 Å². The normalized spacial score (nSPS) is 22.8. The Morgan fingerprint density at radius 2 is 2.06 bits per heavy atom. The molecular weight excluding hydrogens is 234 g/mol. The molecule has 0 aromatic heterocycles. The SMILES string of the molecule is CCOC(=O)C1CCCCCC(=O)NCCC1=O. The van der Waals surface area contributed by atoms with Crippen LogP contribution in [-0.4, -0.2) is 30.8 Å². The third kappa shape index (κ3) is 4.85. The van der Waals surface area contributed by atoms with Crippen molar-refractivity contribution in [3.05, 3.63) is 0 Å². The van der Waals surface area contributed by atoms with Crippen LogP contribution in [0.15, 0.2) is 0 Å². The third-order valence-corrected chi connectivity index (χ3v) is 3.05. The fourth-order valence-electron chi connectivity index (χ4n) is 2.05. The molecule has 102 valence electrons. The number of hydrogen-bond acceptors (Lipinski definition) is 4. The van der Waals surface area contributed by atoms with Crippen LogP contribution in [0, 0.1) is 5.92 Å². The molecule has 0 aromatic carbocycles. The molecule has 1 N–H and O–H groups in total. The van der Waals surface area contributed by atoms with Crippen LogP contribution < -0.4 is 5.32 Å². The molecule has 1 atom stereocenters. The molecule has 1 saturated heterocycles. The average Bonchev–Trinajstić information content (AvgIpc) is 2.36. The highest BCUT2D eigenvalue weighted by Crippen LogP contribution is 2.16. The molecule has 1 aliphatic heterocycles. The number of carbonyl (C=O) groups is 3. The van der Waals surface area contributed by atoms with Crippen molar-refractivity contribution >= 4 is 17.7 Å². The molecule has 5 heteroatoms. The second-order valence-corrected chi connectivity index (χ2v) is 4.47. The molecule has 5 nitrogen and oxygen atoms in total. The molecule has 1 aliphatic rings. The zero-order chi connectivity index (χ0) is 13.4. The van der Waals surface area contributed by atoms with Gasteiger partial charge in [0.05, 0.1) is 6.61 Å². The maximum absolute atomic E-state index is 11.9. The van der Waals surface area contributed by atoms with E-state index in [2.05, 4.69) is 5.32 Å². The summed E-state index contributed by atoms with van der Waals surface area (Å²) in [6, 6.07) is 0. The summed E-state index contributed by atoms with van der Waals surface area (Å²) in [5.41, 5.74) is 0. The van der Waals surface area contributed by atoms with Gasteiger partial charge in [0.2, 0.25) is 5.91 Å². The Hall–Kier alpha value is -1.39. The van der Waals surface area contributed by atoms with Crippen molar-refractivity contribution in [2.24, 2.45) is 5.92 Å². The molecule has 1 fully saturated rings. The number of nitrogens with one attached hydrogen (secondary N) is 1. The van der Waals surface area contributed by atoms with Gasteiger partial charge in [0.15, 0.2) is 0 Å². The molecule has 0 radical (unpaired) electrons. The van der Waals surface area contributed by atoms with Gasteiger partial charge in [0.1, 0.15) is 11.7 Å². The third-order valence-electron chi connectivity index (χ3n) is 3.05. The summed E-state index contributed by atoms with van der Waals surface area (Å²) in [5.74, 6) is -1.22. The smallest absolute Gasteiger partial charge is 0.316 e. The topological polar surface area (TPSA) is 72.5 Å². The number of hydrogen-bond donors (Lipinski definition) is 1. The fraction of sp³-hybridized carbons (Fsp3) is 0.769. The van der Waals surface area contributed by atoms with E-state index in [1.54, 1.807) is 6.92 Å². The number of carbonyl (C=O) groups excluding carboxylic acids is 3. The lowest BCUT2D eigenvalue weighted by atomic mass is 9.95. The molecule has 0 spiro atoms. The van der Waals surface area contributed by atoms with Crippen LogP contribution >= 0.6 is 0 Å². The van der Waals surface area contributed by atoms with Gasteiger partial charge in [0.25, 0.3) is 0 Å². The number of esters is 1. The monoisotopic (exact) mass is 255 g/mol. The van der Waals surface area contributed by atoms with E-state index in [1.807, 2.05) is 0 Å². The van der Waals surface area contributed by atoms with E-state index in [0.717, 1.165) is 19.3 Å². The summed E-state index contributed by atoms with van der Waals surface area (Å²) in [4.78, 5) is 34.9. The quantitative estimate of drug-likeness (QED) is 0.594. The summed E-state index contributed by atoms with van der Waals surface area (Å²) in [6.45, 7) is 2.33. The van der Waals surface area contributed by atoms with Crippen LogP contribution in [0.2, 0.25) is 0 Å². The first-order valence-electron chi connectivity index (χ1n) is 6.61. The molecule has 0 saturated carbocycles. The van der Waals surface area contributed by atoms with Gasteiger partial charge in [-0.3, -0.25) is 14.4 Å². The summed E-state index contributed by atoms with van der Waals surface area (Å²) in [6.07, 6.45) is 3.67. The first-order valence-corrected chi connectivity index (χ1v) is 6.61. The van der Waals surface area contributed by atoms with Crippen molar-refractivity contribution in [2.45, 2.75) is 45.4 Å². The number of ether oxygens (including phenoxy) is 1. The average molecular weight is 255 g/mol. The van der Waals surface area contributed by atoms with Crippen LogP contribution in [-0.2, 0) is 19.1 Å². The predicted molar refractivity (Wildman–Crippen MR) is 65.8 cm³/mol. The minimum absolute atomic E-state index is 0.0163. The zero-order valence-electron chi connectivity index (χ0n) is 10.9. The molecule has 1 amide bonds. The van der Waals surface area contributed by atoms with Crippen molar-refractivity contribution < 1.29 is 19.1 Å². The Balaban J connectivity index is 2.60. The lowest BCUT2D eigenvalue weighted by Crippen LogP contribution is -2.30. The molecule has 1 rings (SSSR count). The highest BCUT2D eigenvalue weighted by molar-refractivity contribution is 5.99. The van der Waals surface area contributed by atoms with Gasteiger partial charge in [-0.1, -0.05) is 12.8 Å². The lowest BCUT2D eigenvalue weighted by Gasteiger charge is -2.13. The van der Waals surface area contributed by atoms with E-state index in [9.17, 15) is 14.4 Å². The minimum atomic E-state index is -0.653. The van der Waals surface area contributed by atoms with Crippen molar-refractivity contribution in [2.75, 3.05) is 13.2 Å². The van der Waals surface area contributed by atoms with Gasteiger partial charge in [-0.2, -0.15) is 0 Å². The maximum Gasteiger partial charge on any atom is 0.316 e. The summed E-state index contributed by atoms with van der Waals surface area (Å²) in [7, 11) is 0. The molecule has 0 aromatic rings. The van der Waals surface area contributed by atoms with Gasteiger partial charge < -0.3 is 10.1 Å². The van der Waals surface area contributed by atoms with E-state index < -0.39 is 11.9 Å². The van der Waals surface area contributed by atoms with Crippen LogP contribution in [0.25, 0.3) is 0 Å². The molecular formula is C13H21NO4. The van der Waals surface area contributed by atoms with Gasteiger partial charge in [0, 0.05) is 19.4 Å². The van der Waals surface area contributed by atoms with E-state index in [0.29, 0.717) is 26.0 Å². The second-order valence-electron chi connectivity index (χ2n) is 4.47. The number of rotatable bonds is 2. The highest BCUT2D eigenvalue weighted by atomic mass is 16.5. The predicted octanol–water partition coefficient (Wildman–Crippen LogP) is 1.21. The molecule has 0 bridgehead atoms. The first kappa shape index (κ1) is 14.7. The number of Topliss-reactive ketones (excluding diaryl/α,β-unsaturated/α-hetero) is 1. The standard InChI is InChI=1S/C13H21NO4/c1-2-18-13(17)10-6-4-3-5-7-12(16)14-9-8-11(10)15/h10H,2-9H2,1H3,(H,14,16). The van der Waals surface area contributed by atoms with Gasteiger partial charge >= 0.3 is 5.97 Å². The summed E-state index contributed by atoms with van der Waals surface area (Å²) < 4.78 is 4.93. The van der Waals surface area contributed by atoms with Gasteiger partial charge in [-0.05, 0) is 19.8 Å². The van der Waals surface area contributed by atoms with Gasteiger partial charge in [-0.15, -0.1) is 0 Å². The zero-order valence-corrected chi connectivity index (χ0v) is 10.9. The van der Waals surface area contributed by atoms with Crippen molar-refractivity contribution in [3.8, 4) is 0 Å². The van der Waals surface area contributed by atoms with E-state index >= 15 is 0 Å². The van der Waals surface area contributed by atoms with Gasteiger partial charge in [-0.25, -0.2) is 0 Å². The molecule has 18 heavy (non-hydrogen) atoms. The molecule has 0 aliphatic carbocycles. The highest BCUT2D eigenvalue weighted by Gasteiger charge is 2.27. The second kappa shape index (κ2) is 7.84. The largest absolute Gasteiger partial charge is 0.465 e. The Labute approximate surface area is 107 Å². The van der Waals surface area contributed by atoms with Crippen molar-refractivity contribution in [1.82, 2.24) is 5.32 Å². The van der Waals surface area contributed by atoms with Crippen LogP contribution in [0.4, 0.5) is 0 Å². The Morgan fingerprint density at radius 1 is 1.28 bits per heavy atom. The van der Waals surface area contributed by atoms with Crippen LogP contribution in [0.1, 0.15) is 45.4 Å². The summed E-state index contributed by atoms with van der Waals surface area (Å²) in [5, 5.41) is 2.69. The van der Waals surface area contributed by atoms with Crippen molar-refractivity contribution in [3.63, 3.8) is 0 Å². The lowest BCUT2D eigenvalue weighted by molar-refractivity contribution is -0.151. The fourth-order valence-corrected chi connectivity index (χ4v) is 2.05. The van der Waals surface area contributed by atoms with Crippen LogP contribution in [0.3, 0.4) is 0 Å². The Kier molecular flexibility index (Phi) is 6.39. The molecule has 1 heterocycles. The summed E-state index contributed by atoms with van der Waals surface area (Å²) >= 11 is 0. The van der Waals surface area contributed by atoms with Crippen molar-refractivity contribution in [1.29, 1.82) is 0 Å². The van der Waals surface area contributed by atoms with E-state index in [4.69, 9.17) is 4.74 Å². The van der Waals surface area contributed by atoms with E-state index in [-0.39, 0.29) is 18.1 Å². The molecule has 1 unspecified atom stereocenters. The minimum Gasteiger partial charge on any atom is -0.465 e. The Bertz CT molecular complexity index is 314. The maximum atomic E-state index is 11.9. The number of ketones is 1. The number of amides is 1.